The van der Waals surface area contributed by atoms with Gasteiger partial charge in [-0.15, -0.1) is 13.2 Å². The third-order valence-electron chi connectivity index (χ3n) is 1.91. The van der Waals surface area contributed by atoms with Crippen LogP contribution < -0.4 is 0 Å². The van der Waals surface area contributed by atoms with E-state index in [-0.39, 0.29) is 0 Å². The second kappa shape index (κ2) is 7.25. The van der Waals surface area contributed by atoms with Crippen molar-refractivity contribution in [3.8, 4) is 0 Å². The second-order valence-electron chi connectivity index (χ2n) is 3.16. The molecule has 0 N–H and O–H groups in total. The highest BCUT2D eigenvalue weighted by Gasteiger charge is 2.07. The van der Waals surface area contributed by atoms with E-state index in [0.717, 1.165) is 22.3 Å². The van der Waals surface area contributed by atoms with Gasteiger partial charge in [0.15, 0.2) is 0 Å². The lowest BCUT2D eigenvalue weighted by molar-refractivity contribution is 0.533. The number of rotatable bonds is 5. The number of hydrogen-bond acceptors (Lipinski definition) is 2. The lowest BCUT2D eigenvalue weighted by Crippen LogP contribution is -2.27. The predicted octanol–water partition coefficient (Wildman–Crippen LogP) is 3.74. The van der Waals surface area contributed by atoms with Gasteiger partial charge in [0.25, 0.3) is 0 Å². The topological polar surface area (TPSA) is 3.24 Å². The van der Waals surface area contributed by atoms with Crippen molar-refractivity contribution in [2.75, 3.05) is 13.1 Å². The molecule has 0 saturated heterocycles. The first-order chi connectivity index (χ1) is 7.77. The molecule has 0 unspecified atom stereocenters. The largest absolute Gasteiger partial charge is 0.350 e. The van der Waals surface area contributed by atoms with Gasteiger partial charge in [0.05, 0.1) is 0 Å². The minimum atomic E-state index is 0.755. The van der Waals surface area contributed by atoms with Gasteiger partial charge in [-0.25, -0.2) is 0 Å². The van der Waals surface area contributed by atoms with Crippen molar-refractivity contribution in [3.63, 3.8) is 0 Å². The molecular weight excluding hydrogens is 234 g/mol. The average Bonchev–Trinajstić information content (AvgIpc) is 2.30. The molecule has 0 fully saturated rings. The maximum atomic E-state index is 5.38. The number of thioether (sulfide) groups is 1. The second-order valence-corrected chi connectivity index (χ2v) is 4.87. The van der Waals surface area contributed by atoms with Gasteiger partial charge in [-0.05, 0) is 12.1 Å². The molecule has 1 rings (SSSR count). The van der Waals surface area contributed by atoms with Crippen LogP contribution in [0.4, 0.5) is 0 Å². The Morgan fingerprint density at radius 3 is 2.25 bits per heavy atom. The Labute approximate surface area is 107 Å². The van der Waals surface area contributed by atoms with Crippen molar-refractivity contribution >= 4 is 28.3 Å². The monoisotopic (exact) mass is 249 g/mol. The zero-order valence-electron chi connectivity index (χ0n) is 9.13. The highest BCUT2D eigenvalue weighted by molar-refractivity contribution is 8.22. The molecule has 0 amide bonds. The number of nitrogens with zero attached hydrogens (tertiary/aromatic N) is 1. The molecule has 84 valence electrons. The van der Waals surface area contributed by atoms with Crippen LogP contribution in [0.2, 0.25) is 0 Å². The fourth-order valence-electron chi connectivity index (χ4n) is 1.19. The number of thiocarbonyl (C=S) groups is 1. The van der Waals surface area contributed by atoms with Crippen molar-refractivity contribution in [1.82, 2.24) is 4.90 Å². The highest BCUT2D eigenvalue weighted by atomic mass is 32.2. The standard InChI is InChI=1S/C13H15NS2/c1-3-10-14(11-4-2)13(15)16-12-8-6-5-7-9-12/h3-9H,1-2,10-11H2. The van der Waals surface area contributed by atoms with Crippen LogP contribution in [0.5, 0.6) is 0 Å². The van der Waals surface area contributed by atoms with Crippen LogP contribution in [-0.4, -0.2) is 22.3 Å². The summed E-state index contributed by atoms with van der Waals surface area (Å²) >= 11 is 6.98. The molecule has 0 aliphatic rings. The summed E-state index contributed by atoms with van der Waals surface area (Å²) in [6, 6.07) is 10.1. The van der Waals surface area contributed by atoms with Gasteiger partial charge in [-0.3, -0.25) is 0 Å². The normalized spacial score (nSPS) is 9.50. The molecule has 0 atom stereocenters. The summed E-state index contributed by atoms with van der Waals surface area (Å²) in [7, 11) is 0. The molecule has 16 heavy (non-hydrogen) atoms. The van der Waals surface area contributed by atoms with E-state index < -0.39 is 0 Å². The maximum Gasteiger partial charge on any atom is 0.141 e. The predicted molar refractivity (Wildman–Crippen MR) is 76.9 cm³/mol. The Kier molecular flexibility index (Phi) is 5.90. The SMILES string of the molecule is C=CCN(CC=C)C(=S)Sc1ccccc1. The zero-order chi connectivity index (χ0) is 11.8. The van der Waals surface area contributed by atoms with Crippen LogP contribution in [-0.2, 0) is 0 Å². The third-order valence-corrected chi connectivity index (χ3v) is 3.35. The van der Waals surface area contributed by atoms with Crippen LogP contribution in [0.25, 0.3) is 0 Å². The summed E-state index contributed by atoms with van der Waals surface area (Å²) in [6.07, 6.45) is 3.70. The lowest BCUT2D eigenvalue weighted by Gasteiger charge is -2.21. The molecule has 0 aromatic heterocycles. The van der Waals surface area contributed by atoms with Crippen LogP contribution in [0, 0.1) is 0 Å². The Morgan fingerprint density at radius 1 is 1.19 bits per heavy atom. The van der Waals surface area contributed by atoms with Gasteiger partial charge in [0, 0.05) is 18.0 Å². The first kappa shape index (κ1) is 13.0. The molecule has 0 saturated carbocycles. The van der Waals surface area contributed by atoms with Crippen LogP contribution in [0.3, 0.4) is 0 Å². The van der Waals surface area contributed by atoms with E-state index in [2.05, 4.69) is 30.2 Å². The van der Waals surface area contributed by atoms with Crippen molar-refractivity contribution in [2.45, 2.75) is 4.90 Å². The van der Waals surface area contributed by atoms with Gasteiger partial charge >= 0.3 is 0 Å². The Morgan fingerprint density at radius 2 is 1.75 bits per heavy atom. The van der Waals surface area contributed by atoms with Crippen LogP contribution in [0.1, 0.15) is 0 Å². The first-order valence-electron chi connectivity index (χ1n) is 5.01. The zero-order valence-corrected chi connectivity index (χ0v) is 10.8. The van der Waals surface area contributed by atoms with Crippen molar-refractivity contribution in [3.05, 3.63) is 55.6 Å². The van der Waals surface area contributed by atoms with E-state index in [1.165, 1.54) is 0 Å². The Balaban J connectivity index is 2.61. The van der Waals surface area contributed by atoms with Gasteiger partial charge in [-0.2, -0.15) is 0 Å². The van der Waals surface area contributed by atoms with E-state index >= 15 is 0 Å². The molecule has 0 radical (unpaired) electrons. The van der Waals surface area contributed by atoms with E-state index in [9.17, 15) is 0 Å². The molecule has 0 bridgehead atoms. The van der Waals surface area contributed by atoms with Gasteiger partial charge < -0.3 is 4.90 Å². The third kappa shape index (κ3) is 4.21. The first-order valence-corrected chi connectivity index (χ1v) is 6.24. The van der Waals surface area contributed by atoms with E-state index in [1.54, 1.807) is 11.8 Å². The van der Waals surface area contributed by atoms with Crippen molar-refractivity contribution < 1.29 is 0 Å². The molecular formula is C13H15NS2. The molecule has 0 aliphatic carbocycles. The number of benzene rings is 1. The molecule has 1 nitrogen and oxygen atoms in total. The Hall–Kier alpha value is -1.06. The summed E-state index contributed by atoms with van der Waals surface area (Å²) in [5, 5.41) is 0. The highest BCUT2D eigenvalue weighted by Crippen LogP contribution is 2.21. The number of hydrogen-bond donors (Lipinski definition) is 0. The summed E-state index contributed by atoms with van der Waals surface area (Å²) in [5.74, 6) is 0. The molecule has 0 heterocycles. The van der Waals surface area contributed by atoms with Gasteiger partial charge in [0.2, 0.25) is 0 Å². The summed E-state index contributed by atoms with van der Waals surface area (Å²) in [6.45, 7) is 8.96. The van der Waals surface area contributed by atoms with Gasteiger partial charge in [0.1, 0.15) is 4.32 Å². The quantitative estimate of drug-likeness (QED) is 0.444. The summed E-state index contributed by atoms with van der Waals surface area (Å²) < 4.78 is 0.853. The average molecular weight is 249 g/mol. The summed E-state index contributed by atoms with van der Waals surface area (Å²) in [4.78, 5) is 3.22. The smallest absolute Gasteiger partial charge is 0.141 e. The van der Waals surface area contributed by atoms with E-state index in [4.69, 9.17) is 12.2 Å². The lowest BCUT2D eigenvalue weighted by atomic mass is 10.4. The summed E-state index contributed by atoms with van der Waals surface area (Å²) in [5.41, 5.74) is 0. The minimum absolute atomic E-state index is 0.755. The molecule has 1 aromatic rings. The van der Waals surface area contributed by atoms with Crippen molar-refractivity contribution in [2.24, 2.45) is 0 Å². The van der Waals surface area contributed by atoms with E-state index in [0.29, 0.717) is 0 Å². The molecule has 3 heteroatoms. The maximum absolute atomic E-state index is 5.38. The van der Waals surface area contributed by atoms with Crippen LogP contribution >= 0.6 is 24.0 Å². The fraction of sp³-hybridized carbons (Fsp3) is 0.154. The fourth-order valence-corrected chi connectivity index (χ4v) is 2.40. The molecule has 0 spiro atoms. The van der Waals surface area contributed by atoms with Crippen molar-refractivity contribution in [1.29, 1.82) is 0 Å². The Bertz CT molecular complexity index is 349. The van der Waals surface area contributed by atoms with Gasteiger partial charge in [-0.1, -0.05) is 54.3 Å². The molecule has 0 aliphatic heterocycles. The van der Waals surface area contributed by atoms with E-state index in [1.807, 2.05) is 30.4 Å². The van der Waals surface area contributed by atoms with Crippen LogP contribution in [0.15, 0.2) is 60.5 Å². The minimum Gasteiger partial charge on any atom is -0.350 e. The molecule has 1 aromatic carbocycles.